The molecule has 0 aromatic carbocycles. The molecular weight excluding hydrogens is 440 g/mol. The number of nitriles is 1. The molecule has 0 bridgehead atoms. The predicted molar refractivity (Wildman–Crippen MR) is 131 cm³/mol. The molecule has 2 rings (SSSR count). The minimum absolute atomic E-state index is 0.376. The Balaban J connectivity index is 1.73. The summed E-state index contributed by atoms with van der Waals surface area (Å²) in [7, 11) is -3.45. The molecule has 1 aromatic heterocycles. The van der Waals surface area contributed by atoms with Gasteiger partial charge in [0.15, 0.2) is 6.19 Å². The topological polar surface area (TPSA) is 120 Å². The number of aromatic nitrogens is 1. The van der Waals surface area contributed by atoms with E-state index in [1.165, 1.54) is 23.7 Å². The number of hydrogen-bond donors (Lipinski definition) is 2. The van der Waals surface area contributed by atoms with Crippen LogP contribution in [0.15, 0.2) is 29.5 Å². The third-order valence-electron chi connectivity index (χ3n) is 5.69. The maximum Gasteiger partial charge on any atom is 0.238 e. The third kappa shape index (κ3) is 10.1. The van der Waals surface area contributed by atoms with Crippen LogP contribution in [-0.4, -0.2) is 48.8 Å². The van der Waals surface area contributed by atoms with E-state index in [2.05, 4.69) is 20.6 Å². The minimum Gasteiger partial charge on any atom is -0.325 e. The van der Waals surface area contributed by atoms with Crippen molar-refractivity contribution >= 4 is 21.7 Å². The van der Waals surface area contributed by atoms with E-state index in [-0.39, 0.29) is 0 Å². The molecule has 0 saturated heterocycles. The summed E-state index contributed by atoms with van der Waals surface area (Å²) in [5.41, 5.74) is 0.797. The highest BCUT2D eigenvalue weighted by Gasteiger charge is 2.27. The van der Waals surface area contributed by atoms with Gasteiger partial charge in [0.1, 0.15) is 0 Å². The van der Waals surface area contributed by atoms with Crippen LogP contribution in [0.3, 0.4) is 0 Å². The Morgan fingerprint density at radius 3 is 2.58 bits per heavy atom. The maximum atomic E-state index is 12.7. The van der Waals surface area contributed by atoms with Crippen LogP contribution in [-0.2, 0) is 14.9 Å². The van der Waals surface area contributed by atoms with Crippen molar-refractivity contribution < 1.29 is 13.3 Å². The lowest BCUT2D eigenvalue weighted by molar-refractivity contribution is -0.103. The fourth-order valence-corrected chi connectivity index (χ4v) is 4.74. The van der Waals surface area contributed by atoms with Crippen LogP contribution < -0.4 is 10.6 Å². The Morgan fingerprint density at radius 2 is 1.91 bits per heavy atom. The number of anilines is 1. The largest absolute Gasteiger partial charge is 0.325 e. The summed E-state index contributed by atoms with van der Waals surface area (Å²) in [4.78, 5) is 14.2. The molecule has 0 radical (unpaired) electrons. The Labute approximate surface area is 198 Å². The number of aliphatic imine (C=N–C) groups is 1. The lowest BCUT2D eigenvalue weighted by Gasteiger charge is -2.27. The monoisotopic (exact) mass is 478 g/mol. The summed E-state index contributed by atoms with van der Waals surface area (Å²) in [5.74, 6) is 0.854. The van der Waals surface area contributed by atoms with Gasteiger partial charge in [-0.1, -0.05) is 36.6 Å². The lowest BCUT2D eigenvalue weighted by Crippen LogP contribution is -2.38. The van der Waals surface area contributed by atoms with Gasteiger partial charge in [-0.05, 0) is 57.6 Å². The second-order valence-corrected chi connectivity index (χ2v) is 11.0. The first-order chi connectivity index (χ1) is 15.9. The number of unbranched alkanes of at least 4 members (excludes halogenated alkanes) is 3. The molecule has 10 heteroatoms. The van der Waals surface area contributed by atoms with Gasteiger partial charge in [-0.2, -0.15) is 5.26 Å². The van der Waals surface area contributed by atoms with Crippen molar-refractivity contribution in [2.45, 2.75) is 76.9 Å². The number of pyridine rings is 1. The predicted octanol–water partition coefficient (Wildman–Crippen LogP) is 4.03. The van der Waals surface area contributed by atoms with Crippen LogP contribution in [0.5, 0.6) is 0 Å². The fraction of sp³-hybridized carbons (Fsp3) is 0.696. The first kappa shape index (κ1) is 27.0. The van der Waals surface area contributed by atoms with Gasteiger partial charge in [0.05, 0.1) is 11.9 Å². The highest BCUT2D eigenvalue weighted by atomic mass is 32.2. The number of sulfonamides is 1. The molecule has 1 aromatic rings. The van der Waals surface area contributed by atoms with Crippen molar-refractivity contribution in [3.63, 3.8) is 0 Å². The molecule has 0 amide bonds. The van der Waals surface area contributed by atoms with E-state index in [0.29, 0.717) is 31.6 Å². The van der Waals surface area contributed by atoms with Gasteiger partial charge in [0, 0.05) is 31.2 Å². The SMILES string of the molecule is CC(C)S(=O)(=O)N(CCCCCCN=C(NC#N)Nc1ccncc1)OCC1CCCCC1. The number of rotatable bonds is 13. The van der Waals surface area contributed by atoms with E-state index < -0.39 is 15.3 Å². The lowest BCUT2D eigenvalue weighted by atomic mass is 9.90. The van der Waals surface area contributed by atoms with E-state index in [1.54, 1.807) is 38.4 Å². The smallest absolute Gasteiger partial charge is 0.238 e. The first-order valence-corrected chi connectivity index (χ1v) is 13.4. The molecule has 0 aliphatic heterocycles. The highest BCUT2D eigenvalue weighted by Crippen LogP contribution is 2.24. The quantitative estimate of drug-likeness (QED) is 0.110. The summed E-state index contributed by atoms with van der Waals surface area (Å²) < 4.78 is 26.6. The van der Waals surface area contributed by atoms with Crippen LogP contribution in [0, 0.1) is 17.4 Å². The van der Waals surface area contributed by atoms with Crippen LogP contribution in [0.2, 0.25) is 0 Å². The van der Waals surface area contributed by atoms with Crippen LogP contribution in [0.4, 0.5) is 5.69 Å². The number of guanidine groups is 1. The normalized spacial score (nSPS) is 15.5. The Morgan fingerprint density at radius 1 is 1.21 bits per heavy atom. The molecule has 0 atom stereocenters. The van der Waals surface area contributed by atoms with Gasteiger partial charge >= 0.3 is 0 Å². The van der Waals surface area contributed by atoms with Crippen molar-refractivity contribution in [1.82, 2.24) is 14.8 Å². The van der Waals surface area contributed by atoms with Crippen LogP contribution in [0.25, 0.3) is 0 Å². The molecule has 1 aliphatic carbocycles. The van der Waals surface area contributed by atoms with Crippen LogP contribution in [0.1, 0.15) is 71.6 Å². The molecule has 9 nitrogen and oxygen atoms in total. The summed E-state index contributed by atoms with van der Waals surface area (Å²) in [5, 5.41) is 14.0. The zero-order chi connectivity index (χ0) is 23.9. The van der Waals surface area contributed by atoms with Crippen molar-refractivity contribution in [2.24, 2.45) is 10.9 Å². The average molecular weight is 479 g/mol. The number of hydrogen-bond acceptors (Lipinski definition) is 6. The number of hydroxylamine groups is 1. The molecule has 1 aliphatic rings. The minimum atomic E-state index is -3.45. The summed E-state index contributed by atoms with van der Waals surface area (Å²) >= 11 is 0. The van der Waals surface area contributed by atoms with Crippen molar-refractivity contribution in [3.8, 4) is 6.19 Å². The first-order valence-electron chi connectivity index (χ1n) is 11.9. The molecular formula is C23H38N6O3S. The molecule has 1 saturated carbocycles. The van der Waals surface area contributed by atoms with Crippen molar-refractivity contribution in [1.29, 1.82) is 5.26 Å². The van der Waals surface area contributed by atoms with Gasteiger partial charge in [0.25, 0.3) is 0 Å². The van der Waals surface area contributed by atoms with Crippen molar-refractivity contribution in [3.05, 3.63) is 24.5 Å². The van der Waals surface area contributed by atoms with E-state index in [4.69, 9.17) is 10.1 Å². The fourth-order valence-electron chi connectivity index (χ4n) is 3.68. The third-order valence-corrected chi connectivity index (χ3v) is 7.74. The molecule has 0 unspecified atom stereocenters. The molecule has 1 heterocycles. The number of nitrogens with one attached hydrogen (secondary N) is 2. The summed E-state index contributed by atoms with van der Waals surface area (Å²) in [6.45, 7) is 4.81. The van der Waals surface area contributed by atoms with Gasteiger partial charge < -0.3 is 5.32 Å². The second-order valence-electron chi connectivity index (χ2n) is 8.66. The zero-order valence-electron chi connectivity index (χ0n) is 19.9. The molecule has 2 N–H and O–H groups in total. The van der Waals surface area contributed by atoms with E-state index in [0.717, 1.165) is 44.2 Å². The number of nitrogens with zero attached hydrogens (tertiary/aromatic N) is 4. The standard InChI is InChI=1S/C23H38N6O3S/c1-20(2)33(30,31)29(32-18-21-10-6-5-7-11-21)17-9-4-3-8-14-26-23(27-19-24)28-22-12-15-25-16-13-22/h12-13,15-16,20-21H,3-11,14,17-18H2,1-2H3,(H2,25,26,27,28). The van der Waals surface area contributed by atoms with E-state index in [9.17, 15) is 8.42 Å². The maximum absolute atomic E-state index is 12.7. The summed E-state index contributed by atoms with van der Waals surface area (Å²) in [6.07, 6.45) is 14.5. The van der Waals surface area contributed by atoms with E-state index in [1.807, 2.05) is 6.19 Å². The van der Waals surface area contributed by atoms with Gasteiger partial charge in [0.2, 0.25) is 16.0 Å². The Kier molecular flexibility index (Phi) is 12.1. The van der Waals surface area contributed by atoms with Crippen molar-refractivity contribution in [2.75, 3.05) is 25.0 Å². The molecule has 0 spiro atoms. The second kappa shape index (κ2) is 14.8. The van der Waals surface area contributed by atoms with Crippen LogP contribution >= 0.6 is 0 Å². The Hall–Kier alpha value is -2.22. The average Bonchev–Trinajstić information content (AvgIpc) is 2.81. The molecule has 1 fully saturated rings. The zero-order valence-corrected chi connectivity index (χ0v) is 20.7. The molecule has 33 heavy (non-hydrogen) atoms. The van der Waals surface area contributed by atoms with E-state index >= 15 is 0 Å². The van der Waals surface area contributed by atoms with Gasteiger partial charge in [-0.3, -0.25) is 20.1 Å². The van der Waals surface area contributed by atoms with Gasteiger partial charge in [-0.15, -0.1) is 0 Å². The van der Waals surface area contributed by atoms with Gasteiger partial charge in [-0.25, -0.2) is 8.42 Å². The summed E-state index contributed by atoms with van der Waals surface area (Å²) in [6, 6.07) is 3.59. The Bertz CT molecular complexity index is 849. The molecule has 184 valence electrons. The highest BCUT2D eigenvalue weighted by molar-refractivity contribution is 7.89.